The van der Waals surface area contributed by atoms with Crippen LogP contribution in [0.25, 0.3) is 0 Å². The van der Waals surface area contributed by atoms with Crippen LogP contribution >= 0.6 is 0 Å². The fourth-order valence-electron chi connectivity index (χ4n) is 1.86. The van der Waals surface area contributed by atoms with Gasteiger partial charge in [-0.3, -0.25) is 0 Å². The molecular formula is C14H26N4+2. The molecule has 4 nitrogen and oxygen atoms in total. The molecule has 4 heteroatoms. The second kappa shape index (κ2) is 5.38. The Morgan fingerprint density at radius 3 is 1.61 bits per heavy atom. The number of hydrogen-bond acceptors (Lipinski definition) is 0. The summed E-state index contributed by atoms with van der Waals surface area (Å²) in [6, 6.07) is 0. The van der Waals surface area contributed by atoms with Crippen molar-refractivity contribution in [2.24, 2.45) is 28.2 Å². The average Bonchev–Trinajstić information content (AvgIpc) is 2.73. The maximum Gasteiger partial charge on any atom is 0.253 e. The standard InChI is InChI=1S/C8H15N2.C6H11N2/c1-6-7(2)10(5)8(3)9(6)4;1-6-7(2)4-5-8(6)3/h1-5H3;4-5H,1-3H3/q2*+1. The summed E-state index contributed by atoms with van der Waals surface area (Å²) in [5, 5.41) is 0. The van der Waals surface area contributed by atoms with Gasteiger partial charge in [0.2, 0.25) is 0 Å². The first-order chi connectivity index (χ1) is 8.27. The van der Waals surface area contributed by atoms with E-state index in [4.69, 9.17) is 0 Å². The highest BCUT2D eigenvalue weighted by Crippen LogP contribution is 2.02. The summed E-state index contributed by atoms with van der Waals surface area (Å²) in [5.41, 5.74) is 2.69. The molecule has 0 bridgehead atoms. The topological polar surface area (TPSA) is 17.6 Å². The van der Waals surface area contributed by atoms with Crippen LogP contribution in [0.3, 0.4) is 0 Å². The molecule has 0 aliphatic rings. The van der Waals surface area contributed by atoms with Crippen LogP contribution in [0, 0.1) is 27.7 Å². The Kier molecular flexibility index (Phi) is 4.33. The maximum atomic E-state index is 2.20. The third-order valence-corrected chi connectivity index (χ3v) is 4.04. The van der Waals surface area contributed by atoms with Gasteiger partial charge < -0.3 is 0 Å². The number of rotatable bonds is 0. The Hall–Kier alpha value is -1.58. The fraction of sp³-hybridized carbons (Fsp3) is 0.571. The second-order valence-electron chi connectivity index (χ2n) is 4.90. The van der Waals surface area contributed by atoms with Crippen LogP contribution in [-0.4, -0.2) is 9.13 Å². The van der Waals surface area contributed by atoms with Gasteiger partial charge in [-0.1, -0.05) is 0 Å². The third-order valence-electron chi connectivity index (χ3n) is 4.04. The van der Waals surface area contributed by atoms with Crippen molar-refractivity contribution >= 4 is 0 Å². The Bertz CT molecular complexity index is 447. The first-order valence-electron chi connectivity index (χ1n) is 6.23. The van der Waals surface area contributed by atoms with Gasteiger partial charge in [0.15, 0.2) is 0 Å². The van der Waals surface area contributed by atoms with E-state index in [0.29, 0.717) is 0 Å². The predicted octanol–water partition coefficient (Wildman–Crippen LogP) is 0.933. The third kappa shape index (κ3) is 2.63. The second-order valence-corrected chi connectivity index (χ2v) is 4.90. The van der Waals surface area contributed by atoms with Crippen molar-refractivity contribution in [3.05, 3.63) is 35.4 Å². The molecule has 0 aromatic carbocycles. The summed E-state index contributed by atoms with van der Waals surface area (Å²) in [6.07, 6.45) is 4.07. The summed E-state index contributed by atoms with van der Waals surface area (Å²) in [5.74, 6) is 2.57. The molecule has 100 valence electrons. The zero-order valence-corrected chi connectivity index (χ0v) is 12.9. The molecule has 0 atom stereocenters. The molecule has 2 heterocycles. The molecular weight excluding hydrogens is 224 g/mol. The van der Waals surface area contributed by atoms with Gasteiger partial charge in [0.05, 0.1) is 28.2 Å². The van der Waals surface area contributed by atoms with Crippen molar-refractivity contribution in [2.75, 3.05) is 0 Å². The molecule has 0 amide bonds. The molecule has 0 aliphatic heterocycles. The van der Waals surface area contributed by atoms with E-state index >= 15 is 0 Å². The lowest BCUT2D eigenvalue weighted by molar-refractivity contribution is -0.683. The highest BCUT2D eigenvalue weighted by atomic mass is 15.1. The van der Waals surface area contributed by atoms with Crippen LogP contribution in [0.1, 0.15) is 23.0 Å². The first kappa shape index (κ1) is 14.5. The monoisotopic (exact) mass is 250 g/mol. The first-order valence-corrected chi connectivity index (χ1v) is 6.23. The summed E-state index contributed by atoms with van der Waals surface area (Å²) in [6.45, 7) is 8.49. The lowest BCUT2D eigenvalue weighted by Gasteiger charge is -1.87. The van der Waals surface area contributed by atoms with Gasteiger partial charge in [0.25, 0.3) is 11.6 Å². The Morgan fingerprint density at radius 1 is 0.944 bits per heavy atom. The van der Waals surface area contributed by atoms with Crippen LogP contribution in [0.15, 0.2) is 12.4 Å². The quantitative estimate of drug-likeness (QED) is 0.619. The van der Waals surface area contributed by atoms with Gasteiger partial charge in [-0.05, 0) is 0 Å². The molecule has 0 radical (unpaired) electrons. The molecule has 2 aromatic rings. The van der Waals surface area contributed by atoms with E-state index in [-0.39, 0.29) is 0 Å². The van der Waals surface area contributed by atoms with Crippen LogP contribution in [0.5, 0.6) is 0 Å². The van der Waals surface area contributed by atoms with E-state index in [9.17, 15) is 0 Å². The highest BCUT2D eigenvalue weighted by molar-refractivity contribution is 5.05. The maximum absolute atomic E-state index is 2.20. The van der Waals surface area contributed by atoms with Crippen molar-refractivity contribution < 1.29 is 9.13 Å². The average molecular weight is 250 g/mol. The summed E-state index contributed by atoms with van der Waals surface area (Å²) >= 11 is 0. The van der Waals surface area contributed by atoms with Crippen molar-refractivity contribution in [3.63, 3.8) is 0 Å². The van der Waals surface area contributed by atoms with Crippen LogP contribution in [0.4, 0.5) is 0 Å². The Labute approximate surface area is 110 Å². The van der Waals surface area contributed by atoms with Crippen LogP contribution in [0.2, 0.25) is 0 Å². The van der Waals surface area contributed by atoms with Crippen LogP contribution < -0.4 is 9.13 Å². The number of aryl methyl sites for hydroxylation is 2. The number of imidazole rings is 2. The molecule has 0 aliphatic carbocycles. The lowest BCUT2D eigenvalue weighted by atomic mass is 10.4. The zero-order valence-electron chi connectivity index (χ0n) is 12.9. The normalized spacial score (nSPS) is 10.2. The zero-order chi connectivity index (χ0) is 14.0. The molecule has 0 spiro atoms. The van der Waals surface area contributed by atoms with Crippen molar-refractivity contribution in [3.8, 4) is 0 Å². The molecule has 0 N–H and O–H groups in total. The van der Waals surface area contributed by atoms with E-state index in [2.05, 4.69) is 60.1 Å². The highest BCUT2D eigenvalue weighted by Gasteiger charge is 2.14. The van der Waals surface area contributed by atoms with E-state index in [1.165, 1.54) is 23.0 Å². The Balaban J connectivity index is 0.000000184. The molecule has 0 unspecified atom stereocenters. The van der Waals surface area contributed by atoms with Crippen molar-refractivity contribution in [1.82, 2.24) is 9.13 Å². The largest absolute Gasteiger partial charge is 0.253 e. The predicted molar refractivity (Wildman–Crippen MR) is 72.1 cm³/mol. The van der Waals surface area contributed by atoms with Gasteiger partial charge in [-0.2, -0.15) is 0 Å². The minimum absolute atomic E-state index is 1.27. The minimum atomic E-state index is 1.27. The van der Waals surface area contributed by atoms with Gasteiger partial charge in [-0.25, -0.2) is 18.3 Å². The molecule has 0 fully saturated rings. The van der Waals surface area contributed by atoms with E-state index in [1.807, 2.05) is 26.5 Å². The molecule has 2 rings (SSSR count). The van der Waals surface area contributed by atoms with Crippen molar-refractivity contribution in [2.45, 2.75) is 27.7 Å². The summed E-state index contributed by atoms with van der Waals surface area (Å²) in [7, 11) is 8.26. The molecule has 2 aromatic heterocycles. The number of nitrogens with zero attached hydrogens (tertiary/aromatic N) is 4. The molecule has 18 heavy (non-hydrogen) atoms. The SMILES string of the molecule is Cc1c(C)[n+](C)c(C)n1C.Cc1n(C)cc[n+]1C. The van der Waals surface area contributed by atoms with Gasteiger partial charge in [0, 0.05) is 27.7 Å². The van der Waals surface area contributed by atoms with Gasteiger partial charge >= 0.3 is 0 Å². The van der Waals surface area contributed by atoms with E-state index < -0.39 is 0 Å². The molecule has 0 saturated carbocycles. The van der Waals surface area contributed by atoms with Crippen LogP contribution in [-0.2, 0) is 28.2 Å². The number of hydrogen-bond donors (Lipinski definition) is 0. The van der Waals surface area contributed by atoms with Gasteiger partial charge in [0.1, 0.15) is 23.8 Å². The number of aromatic nitrogens is 4. The minimum Gasteiger partial charge on any atom is -0.237 e. The fourth-order valence-corrected chi connectivity index (χ4v) is 1.86. The van der Waals surface area contributed by atoms with E-state index in [0.717, 1.165) is 0 Å². The van der Waals surface area contributed by atoms with Crippen molar-refractivity contribution in [1.29, 1.82) is 0 Å². The smallest absolute Gasteiger partial charge is 0.237 e. The molecule has 0 saturated heterocycles. The van der Waals surface area contributed by atoms with Gasteiger partial charge in [-0.15, -0.1) is 0 Å². The Morgan fingerprint density at radius 2 is 1.50 bits per heavy atom. The summed E-state index contributed by atoms with van der Waals surface area (Å²) < 4.78 is 8.57. The lowest BCUT2D eigenvalue weighted by Crippen LogP contribution is -2.32. The summed E-state index contributed by atoms with van der Waals surface area (Å²) in [4.78, 5) is 0. The van der Waals surface area contributed by atoms with E-state index in [1.54, 1.807) is 0 Å².